The third-order valence-corrected chi connectivity index (χ3v) is 4.21. The Bertz CT molecular complexity index is 432. The predicted molar refractivity (Wildman–Crippen MR) is 67.8 cm³/mol. The Hall–Kier alpha value is -0.900. The molecule has 0 saturated carbocycles. The monoisotopic (exact) mass is 248 g/mol. The van der Waals surface area contributed by atoms with Crippen LogP contribution in [0.15, 0.2) is 24.3 Å². The first-order valence-corrected chi connectivity index (χ1v) is 6.74. The van der Waals surface area contributed by atoms with E-state index in [0.29, 0.717) is 0 Å². The van der Waals surface area contributed by atoms with Crippen molar-refractivity contribution in [3.63, 3.8) is 0 Å². The fourth-order valence-corrected chi connectivity index (χ4v) is 2.97. The first-order chi connectivity index (χ1) is 8.73. The molecular weight excluding hydrogens is 228 g/mol. The number of aryl methyl sites for hydroxylation is 1. The molecule has 2 aliphatic rings. The van der Waals surface area contributed by atoms with Gasteiger partial charge in [-0.05, 0) is 30.4 Å². The van der Waals surface area contributed by atoms with Crippen molar-refractivity contribution in [3.8, 4) is 0 Å². The van der Waals surface area contributed by atoms with Crippen molar-refractivity contribution in [1.82, 2.24) is 0 Å². The molecule has 0 radical (unpaired) electrons. The molecule has 0 amide bonds. The van der Waals surface area contributed by atoms with Crippen LogP contribution in [0.5, 0.6) is 0 Å². The van der Waals surface area contributed by atoms with E-state index >= 15 is 0 Å². The lowest BCUT2D eigenvalue weighted by Gasteiger charge is -2.38. The zero-order chi connectivity index (χ0) is 12.6. The molecule has 3 nitrogen and oxygen atoms in total. The second kappa shape index (κ2) is 4.65. The second-order valence-electron chi connectivity index (χ2n) is 5.54. The van der Waals surface area contributed by atoms with E-state index in [0.717, 1.165) is 25.9 Å². The fraction of sp³-hybridized carbons (Fsp3) is 0.600. The number of hydrogen-bond donors (Lipinski definition) is 0. The molecule has 0 unspecified atom stereocenters. The number of benzene rings is 1. The SMILES string of the molecule is CCc1ccccc1[C@H]1C[C@@]2(C)CCO[C@H]2OO1. The predicted octanol–water partition coefficient (Wildman–Crippen LogP) is 3.39. The molecule has 2 heterocycles. The summed E-state index contributed by atoms with van der Waals surface area (Å²) in [4.78, 5) is 11.0. The van der Waals surface area contributed by atoms with Crippen LogP contribution >= 0.6 is 0 Å². The van der Waals surface area contributed by atoms with Gasteiger partial charge < -0.3 is 4.74 Å². The van der Waals surface area contributed by atoms with E-state index < -0.39 is 0 Å². The maximum absolute atomic E-state index is 5.56. The zero-order valence-corrected chi connectivity index (χ0v) is 11.0. The molecule has 98 valence electrons. The summed E-state index contributed by atoms with van der Waals surface area (Å²) in [6.45, 7) is 5.17. The van der Waals surface area contributed by atoms with E-state index in [1.165, 1.54) is 11.1 Å². The number of rotatable bonds is 2. The van der Waals surface area contributed by atoms with Crippen LogP contribution in [0.2, 0.25) is 0 Å². The summed E-state index contributed by atoms with van der Waals surface area (Å²) in [7, 11) is 0. The normalized spacial score (nSPS) is 35.4. The minimum Gasteiger partial charge on any atom is -0.349 e. The molecule has 1 aromatic carbocycles. The Morgan fingerprint density at radius 2 is 2.11 bits per heavy atom. The molecule has 2 aliphatic heterocycles. The van der Waals surface area contributed by atoms with Gasteiger partial charge in [-0.2, -0.15) is 0 Å². The zero-order valence-electron chi connectivity index (χ0n) is 11.0. The van der Waals surface area contributed by atoms with Gasteiger partial charge in [0.25, 0.3) is 0 Å². The van der Waals surface area contributed by atoms with Gasteiger partial charge in [0.2, 0.25) is 0 Å². The minimum atomic E-state index is -0.192. The molecule has 0 bridgehead atoms. The number of hydrogen-bond acceptors (Lipinski definition) is 3. The highest BCUT2D eigenvalue weighted by Crippen LogP contribution is 2.48. The highest BCUT2D eigenvalue weighted by Gasteiger charge is 2.47. The Labute approximate surface area is 108 Å². The van der Waals surface area contributed by atoms with Crippen molar-refractivity contribution in [2.24, 2.45) is 5.41 Å². The van der Waals surface area contributed by atoms with Crippen LogP contribution in [0.3, 0.4) is 0 Å². The van der Waals surface area contributed by atoms with E-state index in [1.807, 2.05) is 0 Å². The lowest BCUT2D eigenvalue weighted by Crippen LogP contribution is -2.38. The summed E-state index contributed by atoms with van der Waals surface area (Å²) in [6.07, 6.45) is 2.87. The summed E-state index contributed by atoms with van der Waals surface area (Å²) >= 11 is 0. The number of ether oxygens (including phenoxy) is 1. The molecule has 2 saturated heterocycles. The lowest BCUT2D eigenvalue weighted by atomic mass is 9.79. The van der Waals surface area contributed by atoms with E-state index in [-0.39, 0.29) is 17.8 Å². The molecule has 3 atom stereocenters. The molecule has 1 aromatic rings. The van der Waals surface area contributed by atoms with Gasteiger partial charge in [0.05, 0.1) is 6.61 Å². The molecule has 0 aliphatic carbocycles. The van der Waals surface area contributed by atoms with Crippen molar-refractivity contribution in [3.05, 3.63) is 35.4 Å². The first kappa shape index (κ1) is 12.2. The molecular formula is C15H20O3. The van der Waals surface area contributed by atoms with Gasteiger partial charge in [0, 0.05) is 5.41 Å². The Morgan fingerprint density at radius 1 is 1.28 bits per heavy atom. The standard InChI is InChI=1S/C15H20O3/c1-3-11-6-4-5-7-12(11)13-10-15(2)8-9-16-14(15)18-17-13/h4-7,13-14H,3,8-10H2,1-2H3/t13-,14+,15-/m1/s1. The Balaban J connectivity index is 1.85. The van der Waals surface area contributed by atoms with Crippen LogP contribution in [-0.4, -0.2) is 12.9 Å². The third-order valence-electron chi connectivity index (χ3n) is 4.21. The van der Waals surface area contributed by atoms with E-state index in [1.54, 1.807) is 0 Å². The molecule has 0 spiro atoms. The lowest BCUT2D eigenvalue weighted by molar-refractivity contribution is -0.439. The van der Waals surface area contributed by atoms with Crippen LogP contribution in [0, 0.1) is 5.41 Å². The molecule has 3 rings (SSSR count). The van der Waals surface area contributed by atoms with Crippen molar-refractivity contribution in [2.75, 3.05) is 6.61 Å². The van der Waals surface area contributed by atoms with Crippen molar-refractivity contribution in [1.29, 1.82) is 0 Å². The molecule has 0 aromatic heterocycles. The average molecular weight is 248 g/mol. The van der Waals surface area contributed by atoms with Gasteiger partial charge in [0.1, 0.15) is 6.10 Å². The van der Waals surface area contributed by atoms with Gasteiger partial charge in [-0.15, -0.1) is 0 Å². The quantitative estimate of drug-likeness (QED) is 0.751. The van der Waals surface area contributed by atoms with Crippen molar-refractivity contribution in [2.45, 2.75) is 45.5 Å². The van der Waals surface area contributed by atoms with E-state index in [9.17, 15) is 0 Å². The van der Waals surface area contributed by atoms with Crippen LogP contribution in [0.25, 0.3) is 0 Å². The first-order valence-electron chi connectivity index (χ1n) is 6.74. The van der Waals surface area contributed by atoms with Crippen LogP contribution in [0.1, 0.15) is 43.9 Å². The summed E-state index contributed by atoms with van der Waals surface area (Å²) < 4.78 is 5.55. The summed E-state index contributed by atoms with van der Waals surface area (Å²) in [5, 5.41) is 0. The van der Waals surface area contributed by atoms with Crippen molar-refractivity contribution < 1.29 is 14.5 Å². The fourth-order valence-electron chi connectivity index (χ4n) is 2.97. The maximum Gasteiger partial charge on any atom is 0.196 e. The second-order valence-corrected chi connectivity index (χ2v) is 5.54. The summed E-state index contributed by atoms with van der Waals surface area (Å²) in [5.41, 5.74) is 2.68. The average Bonchev–Trinajstić information content (AvgIpc) is 2.79. The minimum absolute atomic E-state index is 0.0316. The van der Waals surface area contributed by atoms with Crippen LogP contribution < -0.4 is 0 Å². The highest BCUT2D eigenvalue weighted by molar-refractivity contribution is 5.29. The molecule has 0 N–H and O–H groups in total. The molecule has 18 heavy (non-hydrogen) atoms. The Kier molecular flexibility index (Phi) is 3.14. The molecule has 3 heteroatoms. The van der Waals surface area contributed by atoms with Crippen molar-refractivity contribution >= 4 is 0 Å². The van der Waals surface area contributed by atoms with Gasteiger partial charge in [0.15, 0.2) is 6.29 Å². The third kappa shape index (κ3) is 1.96. The van der Waals surface area contributed by atoms with Gasteiger partial charge >= 0.3 is 0 Å². The highest BCUT2D eigenvalue weighted by atomic mass is 17.2. The topological polar surface area (TPSA) is 27.7 Å². The van der Waals surface area contributed by atoms with Gasteiger partial charge in [-0.1, -0.05) is 38.1 Å². The maximum atomic E-state index is 5.56. The Morgan fingerprint density at radius 3 is 2.94 bits per heavy atom. The van der Waals surface area contributed by atoms with Crippen LogP contribution in [-0.2, 0) is 20.9 Å². The summed E-state index contributed by atoms with van der Waals surface area (Å²) in [5.74, 6) is 0. The van der Waals surface area contributed by atoms with Gasteiger partial charge in [-0.3, -0.25) is 0 Å². The van der Waals surface area contributed by atoms with Crippen LogP contribution in [0.4, 0.5) is 0 Å². The smallest absolute Gasteiger partial charge is 0.196 e. The molecule has 2 fully saturated rings. The number of fused-ring (bicyclic) bond motifs is 1. The summed E-state index contributed by atoms with van der Waals surface area (Å²) in [6, 6.07) is 8.46. The van der Waals surface area contributed by atoms with E-state index in [4.69, 9.17) is 14.5 Å². The largest absolute Gasteiger partial charge is 0.349 e. The van der Waals surface area contributed by atoms with Gasteiger partial charge in [-0.25, -0.2) is 9.78 Å². The van der Waals surface area contributed by atoms with E-state index in [2.05, 4.69) is 38.1 Å².